The molecule has 0 radical (unpaired) electrons. The topological polar surface area (TPSA) is 12.9 Å². The first-order valence-electron chi connectivity index (χ1n) is 5.78. The number of aromatic nitrogens is 1. The van der Waals surface area contributed by atoms with Crippen molar-refractivity contribution in [3.8, 4) is 0 Å². The molecule has 86 valence electrons. The van der Waals surface area contributed by atoms with Crippen molar-refractivity contribution in [2.45, 2.75) is 20.8 Å². The Morgan fingerprint density at radius 2 is 1.88 bits per heavy atom. The van der Waals surface area contributed by atoms with E-state index in [1.165, 1.54) is 33.0 Å². The summed E-state index contributed by atoms with van der Waals surface area (Å²) in [6.45, 7) is 10.1. The van der Waals surface area contributed by atoms with Gasteiger partial charge in [-0.05, 0) is 48.4 Å². The molecule has 2 aromatic rings. The van der Waals surface area contributed by atoms with Crippen LogP contribution in [0.4, 0.5) is 0 Å². The van der Waals surface area contributed by atoms with Crippen LogP contribution in [-0.2, 0) is 0 Å². The van der Waals surface area contributed by atoms with Gasteiger partial charge in [0, 0.05) is 17.8 Å². The van der Waals surface area contributed by atoms with Crippen molar-refractivity contribution < 1.29 is 0 Å². The summed E-state index contributed by atoms with van der Waals surface area (Å²) in [4.78, 5) is 4.27. The standard InChI is InChI=1S/C16H17N/c1-5-6-7-14-8-11(2)15-10-17-9-12(3)16(15)13(14)4/h5-10H,1H2,2-4H3/b7-6-. The van der Waals surface area contributed by atoms with Crippen LogP contribution in [0.15, 0.2) is 37.2 Å². The normalized spacial score (nSPS) is 11.2. The highest BCUT2D eigenvalue weighted by atomic mass is 14.6. The third-order valence-corrected chi connectivity index (χ3v) is 3.15. The van der Waals surface area contributed by atoms with Crippen molar-refractivity contribution in [3.63, 3.8) is 0 Å². The Kier molecular flexibility index (Phi) is 3.10. The Balaban J connectivity index is 2.83. The molecule has 1 nitrogen and oxygen atoms in total. The van der Waals surface area contributed by atoms with Gasteiger partial charge in [-0.15, -0.1) is 0 Å². The van der Waals surface area contributed by atoms with Crippen molar-refractivity contribution in [1.29, 1.82) is 0 Å². The number of fused-ring (bicyclic) bond motifs is 1. The number of hydrogen-bond acceptors (Lipinski definition) is 1. The zero-order chi connectivity index (χ0) is 12.4. The molecule has 0 atom stereocenters. The smallest absolute Gasteiger partial charge is 0.0349 e. The van der Waals surface area contributed by atoms with Crippen LogP contribution < -0.4 is 0 Å². The molecular formula is C16H17N. The van der Waals surface area contributed by atoms with Gasteiger partial charge in [0.15, 0.2) is 0 Å². The monoisotopic (exact) mass is 223 g/mol. The molecule has 1 aromatic heterocycles. The van der Waals surface area contributed by atoms with E-state index in [2.05, 4.69) is 44.5 Å². The fourth-order valence-corrected chi connectivity index (χ4v) is 2.27. The van der Waals surface area contributed by atoms with E-state index in [-0.39, 0.29) is 0 Å². The zero-order valence-electron chi connectivity index (χ0n) is 10.6. The molecule has 0 aliphatic heterocycles. The molecule has 0 unspecified atom stereocenters. The first-order chi connectivity index (χ1) is 8.15. The number of allylic oxidation sites excluding steroid dienone is 2. The van der Waals surface area contributed by atoms with Crippen molar-refractivity contribution in [2.24, 2.45) is 0 Å². The minimum absolute atomic E-state index is 1.23. The Morgan fingerprint density at radius 1 is 1.12 bits per heavy atom. The summed E-state index contributed by atoms with van der Waals surface area (Å²) in [6.07, 6.45) is 9.76. The van der Waals surface area contributed by atoms with Crippen LogP contribution in [0.3, 0.4) is 0 Å². The van der Waals surface area contributed by atoms with E-state index in [1.807, 2.05) is 18.5 Å². The SMILES string of the molecule is C=C/C=C\c1cc(C)c2cncc(C)c2c1C. The lowest BCUT2D eigenvalue weighted by atomic mass is 9.95. The van der Waals surface area contributed by atoms with Crippen LogP contribution in [0, 0.1) is 20.8 Å². The summed E-state index contributed by atoms with van der Waals surface area (Å²) in [5.74, 6) is 0. The number of aryl methyl sites for hydroxylation is 3. The maximum atomic E-state index is 4.27. The molecule has 1 aromatic carbocycles. The van der Waals surface area contributed by atoms with Crippen LogP contribution in [0.2, 0.25) is 0 Å². The molecule has 0 saturated carbocycles. The van der Waals surface area contributed by atoms with Crippen LogP contribution in [0.25, 0.3) is 16.8 Å². The predicted octanol–water partition coefficient (Wildman–Crippen LogP) is 4.36. The molecule has 1 heteroatoms. The average molecular weight is 223 g/mol. The van der Waals surface area contributed by atoms with Crippen LogP contribution in [0.5, 0.6) is 0 Å². The van der Waals surface area contributed by atoms with E-state index >= 15 is 0 Å². The van der Waals surface area contributed by atoms with Crippen molar-refractivity contribution in [1.82, 2.24) is 4.98 Å². The highest BCUT2D eigenvalue weighted by Gasteiger charge is 2.07. The maximum absolute atomic E-state index is 4.27. The van der Waals surface area contributed by atoms with Gasteiger partial charge in [-0.1, -0.05) is 30.9 Å². The average Bonchev–Trinajstić information content (AvgIpc) is 2.32. The third-order valence-electron chi connectivity index (χ3n) is 3.15. The number of hydrogen-bond donors (Lipinski definition) is 0. The van der Waals surface area contributed by atoms with E-state index in [9.17, 15) is 0 Å². The van der Waals surface area contributed by atoms with Gasteiger partial charge in [0.1, 0.15) is 0 Å². The van der Waals surface area contributed by atoms with Gasteiger partial charge in [0.25, 0.3) is 0 Å². The molecule has 17 heavy (non-hydrogen) atoms. The van der Waals surface area contributed by atoms with E-state index < -0.39 is 0 Å². The summed E-state index contributed by atoms with van der Waals surface area (Å²) in [5, 5.41) is 2.57. The molecule has 0 spiro atoms. The van der Waals surface area contributed by atoms with E-state index in [0.29, 0.717) is 0 Å². The van der Waals surface area contributed by atoms with Crippen LogP contribution >= 0.6 is 0 Å². The molecule has 0 amide bonds. The van der Waals surface area contributed by atoms with Gasteiger partial charge in [0.2, 0.25) is 0 Å². The van der Waals surface area contributed by atoms with Gasteiger partial charge >= 0.3 is 0 Å². The Hall–Kier alpha value is -1.89. The molecule has 0 fully saturated rings. The molecule has 0 bridgehead atoms. The Labute approximate surface area is 103 Å². The lowest BCUT2D eigenvalue weighted by Crippen LogP contribution is -1.91. The van der Waals surface area contributed by atoms with Crippen molar-refractivity contribution >= 4 is 16.8 Å². The van der Waals surface area contributed by atoms with Gasteiger partial charge in [-0.3, -0.25) is 4.98 Å². The number of pyridine rings is 1. The fraction of sp³-hybridized carbons (Fsp3) is 0.188. The predicted molar refractivity (Wildman–Crippen MR) is 75.2 cm³/mol. The summed E-state index contributed by atoms with van der Waals surface area (Å²) in [6, 6.07) is 2.21. The largest absolute Gasteiger partial charge is 0.264 e. The Bertz CT molecular complexity index is 606. The summed E-state index contributed by atoms with van der Waals surface area (Å²) >= 11 is 0. The number of nitrogens with zero attached hydrogens (tertiary/aromatic N) is 1. The first kappa shape index (κ1) is 11.6. The van der Waals surface area contributed by atoms with E-state index in [0.717, 1.165) is 0 Å². The molecule has 0 aliphatic rings. The van der Waals surface area contributed by atoms with Gasteiger partial charge in [-0.25, -0.2) is 0 Å². The highest BCUT2D eigenvalue weighted by molar-refractivity contribution is 5.93. The number of rotatable bonds is 2. The van der Waals surface area contributed by atoms with Gasteiger partial charge in [0.05, 0.1) is 0 Å². The summed E-state index contributed by atoms with van der Waals surface area (Å²) in [7, 11) is 0. The molecular weight excluding hydrogens is 206 g/mol. The van der Waals surface area contributed by atoms with Crippen molar-refractivity contribution in [3.05, 3.63) is 59.4 Å². The number of benzene rings is 1. The molecule has 2 rings (SSSR count). The van der Waals surface area contributed by atoms with Crippen LogP contribution in [0.1, 0.15) is 22.3 Å². The second-order valence-corrected chi connectivity index (χ2v) is 4.38. The minimum Gasteiger partial charge on any atom is -0.264 e. The maximum Gasteiger partial charge on any atom is 0.0349 e. The lowest BCUT2D eigenvalue weighted by Gasteiger charge is -2.11. The minimum atomic E-state index is 1.23. The molecule has 0 aliphatic carbocycles. The first-order valence-corrected chi connectivity index (χ1v) is 5.78. The molecule has 0 saturated heterocycles. The van der Waals surface area contributed by atoms with E-state index in [4.69, 9.17) is 0 Å². The quantitative estimate of drug-likeness (QED) is 0.689. The zero-order valence-corrected chi connectivity index (χ0v) is 10.6. The van der Waals surface area contributed by atoms with Gasteiger partial charge in [-0.2, -0.15) is 0 Å². The van der Waals surface area contributed by atoms with Gasteiger partial charge < -0.3 is 0 Å². The fourth-order valence-electron chi connectivity index (χ4n) is 2.27. The molecule has 1 heterocycles. The van der Waals surface area contributed by atoms with Crippen LogP contribution in [-0.4, -0.2) is 4.98 Å². The Morgan fingerprint density at radius 3 is 2.59 bits per heavy atom. The second-order valence-electron chi connectivity index (χ2n) is 4.38. The second kappa shape index (κ2) is 4.54. The van der Waals surface area contributed by atoms with E-state index in [1.54, 1.807) is 6.08 Å². The van der Waals surface area contributed by atoms with Crippen molar-refractivity contribution in [2.75, 3.05) is 0 Å². The third kappa shape index (κ3) is 2.01. The summed E-state index contributed by atoms with van der Waals surface area (Å²) < 4.78 is 0. The molecule has 0 N–H and O–H groups in total. The summed E-state index contributed by atoms with van der Waals surface area (Å²) in [5.41, 5.74) is 5.07. The lowest BCUT2D eigenvalue weighted by molar-refractivity contribution is 1.28. The highest BCUT2D eigenvalue weighted by Crippen LogP contribution is 2.28.